The predicted octanol–water partition coefficient (Wildman–Crippen LogP) is 2.74. The van der Waals surface area contributed by atoms with Gasteiger partial charge in [0.25, 0.3) is 5.56 Å². The van der Waals surface area contributed by atoms with Gasteiger partial charge in [-0.15, -0.1) is 22.7 Å². The third-order valence-corrected chi connectivity index (χ3v) is 6.20. The average molecular weight is 360 g/mol. The van der Waals surface area contributed by atoms with Gasteiger partial charge in [-0.1, -0.05) is 0 Å². The number of fused-ring (bicyclic) bond motifs is 3. The highest BCUT2D eigenvalue weighted by Gasteiger charge is 2.20. The Morgan fingerprint density at radius 1 is 1.38 bits per heavy atom. The number of nitrogens with zero attached hydrogens (tertiary/aromatic N) is 3. The third-order valence-electron chi connectivity index (χ3n) is 4.12. The molecule has 4 rings (SSSR count). The van der Waals surface area contributed by atoms with Crippen molar-refractivity contribution >= 4 is 43.9 Å². The number of aromatic nitrogens is 3. The molecule has 0 spiro atoms. The first-order chi connectivity index (χ1) is 11.6. The molecule has 3 aromatic rings. The van der Waals surface area contributed by atoms with Crippen LogP contribution in [0.5, 0.6) is 0 Å². The van der Waals surface area contributed by atoms with E-state index < -0.39 is 0 Å². The number of anilines is 1. The Bertz CT molecular complexity index is 986. The molecule has 24 heavy (non-hydrogen) atoms. The lowest BCUT2D eigenvalue weighted by atomic mass is 9.97. The van der Waals surface area contributed by atoms with Crippen molar-refractivity contribution in [3.63, 3.8) is 0 Å². The van der Waals surface area contributed by atoms with E-state index in [9.17, 15) is 9.59 Å². The van der Waals surface area contributed by atoms with Gasteiger partial charge in [-0.3, -0.25) is 14.2 Å². The zero-order valence-electron chi connectivity index (χ0n) is 13.2. The minimum atomic E-state index is -0.267. The van der Waals surface area contributed by atoms with Crippen molar-refractivity contribution in [2.45, 2.75) is 39.2 Å². The highest BCUT2D eigenvalue weighted by Crippen LogP contribution is 2.33. The van der Waals surface area contributed by atoms with Crippen LogP contribution in [0.25, 0.3) is 10.2 Å². The number of rotatable bonds is 3. The molecule has 124 valence electrons. The summed E-state index contributed by atoms with van der Waals surface area (Å²) in [6.45, 7) is 1.82. The molecule has 0 aromatic carbocycles. The minimum Gasteiger partial charge on any atom is -0.300 e. The van der Waals surface area contributed by atoms with Crippen molar-refractivity contribution in [1.29, 1.82) is 0 Å². The fraction of sp³-hybridized carbons (Fsp3) is 0.375. The molecule has 1 amide bonds. The summed E-state index contributed by atoms with van der Waals surface area (Å²) in [4.78, 5) is 35.6. The van der Waals surface area contributed by atoms with Crippen molar-refractivity contribution in [3.8, 4) is 0 Å². The van der Waals surface area contributed by atoms with Crippen LogP contribution in [0.1, 0.15) is 29.0 Å². The summed E-state index contributed by atoms with van der Waals surface area (Å²) in [5.74, 6) is -0.267. The topological polar surface area (TPSA) is 76.9 Å². The quantitative estimate of drug-likeness (QED) is 0.779. The van der Waals surface area contributed by atoms with Gasteiger partial charge in [0, 0.05) is 10.3 Å². The predicted molar refractivity (Wildman–Crippen MR) is 96.0 cm³/mol. The lowest BCUT2D eigenvalue weighted by Crippen LogP contribution is -2.28. The maximum absolute atomic E-state index is 12.8. The number of nitrogens with one attached hydrogen (secondary N) is 1. The smallest absolute Gasteiger partial charge is 0.262 e. The molecular formula is C16H16N4O2S2. The number of amides is 1. The van der Waals surface area contributed by atoms with Crippen molar-refractivity contribution in [1.82, 2.24) is 14.5 Å². The van der Waals surface area contributed by atoms with Gasteiger partial charge in [0.1, 0.15) is 11.4 Å². The lowest BCUT2D eigenvalue weighted by Gasteiger charge is -2.10. The summed E-state index contributed by atoms with van der Waals surface area (Å²) in [6.07, 6.45) is 5.71. The van der Waals surface area contributed by atoms with E-state index in [0.717, 1.165) is 35.4 Å². The molecule has 0 unspecified atom stereocenters. The Kier molecular flexibility index (Phi) is 3.93. The first-order valence-corrected chi connectivity index (χ1v) is 9.53. The van der Waals surface area contributed by atoms with Crippen molar-refractivity contribution in [2.24, 2.45) is 0 Å². The molecule has 0 aliphatic heterocycles. The second-order valence-corrected chi connectivity index (χ2v) is 7.85. The van der Waals surface area contributed by atoms with E-state index >= 15 is 0 Å². The fourth-order valence-corrected chi connectivity index (χ4v) is 4.94. The highest BCUT2D eigenvalue weighted by atomic mass is 32.1. The maximum Gasteiger partial charge on any atom is 0.262 e. The van der Waals surface area contributed by atoms with E-state index in [2.05, 4.69) is 15.3 Å². The normalized spacial score (nSPS) is 13.9. The second-order valence-electron chi connectivity index (χ2n) is 5.91. The van der Waals surface area contributed by atoms with Crippen LogP contribution in [0.3, 0.4) is 0 Å². The van der Waals surface area contributed by atoms with Crippen LogP contribution in [0.4, 0.5) is 5.13 Å². The molecule has 1 aliphatic carbocycles. The van der Waals surface area contributed by atoms with E-state index in [0.29, 0.717) is 10.5 Å². The van der Waals surface area contributed by atoms with E-state index in [4.69, 9.17) is 0 Å². The molecule has 8 heteroatoms. The average Bonchev–Trinajstić information content (AvgIpc) is 3.13. The highest BCUT2D eigenvalue weighted by molar-refractivity contribution is 7.18. The van der Waals surface area contributed by atoms with Gasteiger partial charge < -0.3 is 5.32 Å². The molecule has 0 bridgehead atoms. The summed E-state index contributed by atoms with van der Waals surface area (Å²) in [5, 5.41) is 5.85. The van der Waals surface area contributed by atoms with Crippen LogP contribution >= 0.6 is 22.7 Å². The first kappa shape index (κ1) is 15.5. The van der Waals surface area contributed by atoms with Crippen LogP contribution < -0.4 is 10.9 Å². The second kappa shape index (κ2) is 6.10. The summed E-state index contributed by atoms with van der Waals surface area (Å²) in [7, 11) is 0. The monoisotopic (exact) mass is 360 g/mol. The number of carbonyl (C=O) groups excluding carboxylic acids is 1. The van der Waals surface area contributed by atoms with Gasteiger partial charge in [0.15, 0.2) is 5.13 Å². The zero-order chi connectivity index (χ0) is 16.7. The van der Waals surface area contributed by atoms with Crippen LogP contribution in [-0.4, -0.2) is 20.4 Å². The fourth-order valence-electron chi connectivity index (χ4n) is 3.02. The number of thiophene rings is 1. The van der Waals surface area contributed by atoms with Crippen LogP contribution in [0.15, 0.2) is 16.5 Å². The first-order valence-electron chi connectivity index (χ1n) is 7.83. The molecule has 0 saturated carbocycles. The lowest BCUT2D eigenvalue weighted by molar-refractivity contribution is -0.116. The molecule has 0 fully saturated rings. The van der Waals surface area contributed by atoms with Gasteiger partial charge >= 0.3 is 0 Å². The Balaban J connectivity index is 1.63. The third kappa shape index (κ3) is 2.76. The number of thiazole rings is 1. The molecule has 1 aliphatic rings. The van der Waals surface area contributed by atoms with Crippen molar-refractivity contribution in [3.05, 3.63) is 38.2 Å². The molecule has 3 heterocycles. The van der Waals surface area contributed by atoms with Crippen LogP contribution in [0.2, 0.25) is 0 Å². The van der Waals surface area contributed by atoms with Crippen LogP contribution in [0, 0.1) is 6.92 Å². The van der Waals surface area contributed by atoms with E-state index in [1.54, 1.807) is 11.3 Å². The molecule has 1 N–H and O–H groups in total. The number of aryl methyl sites for hydroxylation is 3. The summed E-state index contributed by atoms with van der Waals surface area (Å²) in [5.41, 5.74) is 1.88. The number of carbonyl (C=O) groups is 1. The molecule has 0 atom stereocenters. The van der Waals surface area contributed by atoms with E-state index in [1.807, 2.05) is 12.3 Å². The molecule has 0 radical (unpaired) electrons. The summed E-state index contributed by atoms with van der Waals surface area (Å²) in [6, 6.07) is 0. The Hall–Kier alpha value is -2.06. The SMILES string of the molecule is Cc1csc(NC(=O)Cn2cnc3sc4c(c3c2=O)CCCC4)n1. The Morgan fingerprint density at radius 2 is 2.21 bits per heavy atom. The van der Waals surface area contributed by atoms with Crippen molar-refractivity contribution in [2.75, 3.05) is 5.32 Å². The number of hydrogen-bond donors (Lipinski definition) is 1. The van der Waals surface area contributed by atoms with Gasteiger partial charge in [-0.05, 0) is 38.2 Å². The van der Waals surface area contributed by atoms with Gasteiger partial charge in [-0.2, -0.15) is 0 Å². The van der Waals surface area contributed by atoms with Gasteiger partial charge in [0.05, 0.1) is 17.4 Å². The summed E-state index contributed by atoms with van der Waals surface area (Å²) >= 11 is 2.98. The molecular weight excluding hydrogens is 344 g/mol. The zero-order valence-corrected chi connectivity index (χ0v) is 14.8. The van der Waals surface area contributed by atoms with E-state index in [-0.39, 0.29) is 18.0 Å². The van der Waals surface area contributed by atoms with Crippen molar-refractivity contribution < 1.29 is 4.79 Å². The minimum absolute atomic E-state index is 0.0506. The maximum atomic E-state index is 12.8. The Labute approximate surface area is 146 Å². The number of hydrogen-bond acceptors (Lipinski definition) is 6. The van der Waals surface area contributed by atoms with Gasteiger partial charge in [0.2, 0.25) is 5.91 Å². The standard InChI is InChI=1S/C16H16N4O2S2/c1-9-7-23-16(18-9)19-12(21)6-20-8-17-14-13(15(20)22)10-4-2-3-5-11(10)24-14/h7-8H,2-6H2,1H3,(H,18,19,21). The Morgan fingerprint density at radius 3 is 3.00 bits per heavy atom. The summed E-state index contributed by atoms with van der Waals surface area (Å²) < 4.78 is 1.39. The molecule has 6 nitrogen and oxygen atoms in total. The van der Waals surface area contributed by atoms with Crippen LogP contribution in [-0.2, 0) is 24.2 Å². The van der Waals surface area contributed by atoms with E-state index in [1.165, 1.54) is 33.5 Å². The molecule has 0 saturated heterocycles. The largest absolute Gasteiger partial charge is 0.300 e. The molecule has 3 aromatic heterocycles. The van der Waals surface area contributed by atoms with Gasteiger partial charge in [-0.25, -0.2) is 9.97 Å².